The minimum absolute atomic E-state index is 0.196. The normalized spacial score (nSPS) is 25.4. The molecule has 94 valence electrons. The van der Waals surface area contributed by atoms with Gasteiger partial charge in [0.2, 0.25) is 0 Å². The van der Waals surface area contributed by atoms with Gasteiger partial charge in [0.15, 0.2) is 0 Å². The molecule has 0 bridgehead atoms. The number of nitrogens with two attached hydrogens (primary N) is 1. The van der Waals surface area contributed by atoms with Crippen molar-refractivity contribution < 1.29 is 4.39 Å². The van der Waals surface area contributed by atoms with Crippen molar-refractivity contribution in [3.63, 3.8) is 0 Å². The first-order valence-electron chi connectivity index (χ1n) is 6.06. The van der Waals surface area contributed by atoms with Gasteiger partial charge in [-0.25, -0.2) is 4.39 Å². The first kappa shape index (κ1) is 12.8. The Bertz CT molecular complexity index is 385. The van der Waals surface area contributed by atoms with Crippen LogP contribution in [0.2, 0.25) is 5.02 Å². The summed E-state index contributed by atoms with van der Waals surface area (Å²) in [6.07, 6.45) is 1.10. The first-order valence-corrected chi connectivity index (χ1v) is 6.44. The molecule has 2 atom stereocenters. The Morgan fingerprint density at radius 2 is 2.29 bits per heavy atom. The monoisotopic (exact) mass is 256 g/mol. The molecule has 2 rings (SSSR count). The number of hydrogen-bond donors (Lipinski definition) is 1. The second kappa shape index (κ2) is 5.34. The summed E-state index contributed by atoms with van der Waals surface area (Å²) in [6.45, 7) is 4.83. The van der Waals surface area contributed by atoms with Gasteiger partial charge in [0.05, 0.1) is 5.02 Å². The van der Waals surface area contributed by atoms with Gasteiger partial charge in [-0.15, -0.1) is 0 Å². The number of rotatable bonds is 3. The molecule has 0 aliphatic carbocycles. The molecule has 0 amide bonds. The zero-order valence-corrected chi connectivity index (χ0v) is 10.8. The van der Waals surface area contributed by atoms with E-state index in [1.165, 1.54) is 6.07 Å². The van der Waals surface area contributed by atoms with Crippen LogP contribution in [0.15, 0.2) is 18.2 Å². The van der Waals surface area contributed by atoms with Gasteiger partial charge >= 0.3 is 0 Å². The molecule has 2 nitrogen and oxygen atoms in total. The number of hydrogen-bond acceptors (Lipinski definition) is 2. The minimum Gasteiger partial charge on any atom is -0.330 e. The summed E-state index contributed by atoms with van der Waals surface area (Å²) in [7, 11) is 0. The maximum absolute atomic E-state index is 13.2. The fourth-order valence-corrected chi connectivity index (χ4v) is 2.90. The van der Waals surface area contributed by atoms with E-state index in [1.54, 1.807) is 6.07 Å². The molecular formula is C13H18ClFN2. The van der Waals surface area contributed by atoms with E-state index < -0.39 is 0 Å². The quantitative estimate of drug-likeness (QED) is 0.901. The molecular weight excluding hydrogens is 239 g/mol. The summed E-state index contributed by atoms with van der Waals surface area (Å²) in [5.74, 6) is 0.0808. The topological polar surface area (TPSA) is 29.3 Å². The van der Waals surface area contributed by atoms with Crippen LogP contribution >= 0.6 is 11.6 Å². The fraction of sp³-hybridized carbons (Fsp3) is 0.538. The van der Waals surface area contributed by atoms with Crippen molar-refractivity contribution in [2.75, 3.05) is 19.6 Å². The molecule has 4 heteroatoms. The molecule has 1 heterocycles. The van der Waals surface area contributed by atoms with E-state index in [-0.39, 0.29) is 16.9 Å². The summed E-state index contributed by atoms with van der Waals surface area (Å²) in [5, 5.41) is 0.196. The van der Waals surface area contributed by atoms with Crippen LogP contribution < -0.4 is 5.73 Å². The molecule has 0 saturated carbocycles. The third-order valence-corrected chi connectivity index (χ3v) is 3.91. The van der Waals surface area contributed by atoms with Crippen molar-refractivity contribution in [2.24, 2.45) is 11.7 Å². The number of nitrogens with zero attached hydrogens (tertiary/aromatic N) is 1. The second-order valence-electron chi connectivity index (χ2n) is 4.53. The molecule has 2 unspecified atom stereocenters. The lowest BCUT2D eigenvalue weighted by molar-refractivity contribution is 0.242. The van der Waals surface area contributed by atoms with Crippen LogP contribution in [0.1, 0.15) is 24.9 Å². The van der Waals surface area contributed by atoms with Crippen LogP contribution in [0.5, 0.6) is 0 Å². The average Bonchev–Trinajstić information content (AvgIpc) is 2.75. The highest BCUT2D eigenvalue weighted by molar-refractivity contribution is 6.30. The zero-order valence-electron chi connectivity index (χ0n) is 10.00. The van der Waals surface area contributed by atoms with E-state index in [4.69, 9.17) is 17.3 Å². The number of likely N-dealkylation sites (tertiary alicyclic amines) is 1. The zero-order chi connectivity index (χ0) is 12.4. The van der Waals surface area contributed by atoms with Crippen molar-refractivity contribution in [1.29, 1.82) is 0 Å². The van der Waals surface area contributed by atoms with Gasteiger partial charge in [-0.2, -0.15) is 0 Å². The highest BCUT2D eigenvalue weighted by Gasteiger charge is 2.33. The molecule has 0 aromatic heterocycles. The smallest absolute Gasteiger partial charge is 0.141 e. The molecule has 0 radical (unpaired) electrons. The highest BCUT2D eigenvalue weighted by Crippen LogP contribution is 2.37. The van der Waals surface area contributed by atoms with Crippen molar-refractivity contribution >= 4 is 11.6 Å². The third kappa shape index (κ3) is 2.46. The van der Waals surface area contributed by atoms with Crippen molar-refractivity contribution in [3.05, 3.63) is 34.6 Å². The Hall–Kier alpha value is -0.640. The third-order valence-electron chi connectivity index (χ3n) is 3.62. The number of benzene rings is 1. The lowest BCUT2D eigenvalue weighted by Crippen LogP contribution is -2.28. The van der Waals surface area contributed by atoms with E-state index in [0.29, 0.717) is 12.5 Å². The van der Waals surface area contributed by atoms with Crippen molar-refractivity contribution in [2.45, 2.75) is 19.4 Å². The van der Waals surface area contributed by atoms with E-state index in [9.17, 15) is 4.39 Å². The van der Waals surface area contributed by atoms with Crippen LogP contribution in [0.3, 0.4) is 0 Å². The van der Waals surface area contributed by atoms with Crippen LogP contribution in [-0.2, 0) is 0 Å². The highest BCUT2D eigenvalue weighted by atomic mass is 35.5. The Morgan fingerprint density at radius 1 is 1.53 bits per heavy atom. The molecule has 0 spiro atoms. The molecule has 1 aliphatic rings. The molecule has 17 heavy (non-hydrogen) atoms. The average molecular weight is 257 g/mol. The molecule has 1 aliphatic heterocycles. The molecule has 1 saturated heterocycles. The van der Waals surface area contributed by atoms with E-state index in [1.807, 2.05) is 6.07 Å². The summed E-state index contributed by atoms with van der Waals surface area (Å²) < 4.78 is 13.2. The second-order valence-corrected chi connectivity index (χ2v) is 4.94. The lowest BCUT2D eigenvalue weighted by Gasteiger charge is -2.27. The summed E-state index contributed by atoms with van der Waals surface area (Å²) in [5.41, 5.74) is 6.89. The first-order chi connectivity index (χ1) is 8.17. The molecule has 1 fully saturated rings. The standard InChI is InChI=1S/C13H18ClFN2/c1-2-17-6-5-10(8-16)13(17)9-3-4-12(15)11(14)7-9/h3-4,7,10,13H,2,5-6,8,16H2,1H3. The maximum Gasteiger partial charge on any atom is 0.141 e. The van der Waals surface area contributed by atoms with Gasteiger partial charge < -0.3 is 5.73 Å². The van der Waals surface area contributed by atoms with Gasteiger partial charge in [-0.05, 0) is 49.7 Å². The van der Waals surface area contributed by atoms with E-state index in [0.717, 1.165) is 25.1 Å². The predicted molar refractivity (Wildman–Crippen MR) is 68.6 cm³/mol. The van der Waals surface area contributed by atoms with Crippen molar-refractivity contribution in [3.8, 4) is 0 Å². The van der Waals surface area contributed by atoms with Crippen molar-refractivity contribution in [1.82, 2.24) is 4.90 Å². The van der Waals surface area contributed by atoms with Crippen LogP contribution in [-0.4, -0.2) is 24.5 Å². The van der Waals surface area contributed by atoms with Gasteiger partial charge in [0.25, 0.3) is 0 Å². The van der Waals surface area contributed by atoms with Gasteiger partial charge in [0, 0.05) is 6.04 Å². The largest absolute Gasteiger partial charge is 0.330 e. The molecule has 1 aromatic rings. The maximum atomic E-state index is 13.2. The molecule has 2 N–H and O–H groups in total. The fourth-order valence-electron chi connectivity index (χ4n) is 2.71. The Labute approximate surface area is 107 Å². The van der Waals surface area contributed by atoms with Gasteiger partial charge in [-0.3, -0.25) is 4.90 Å². The summed E-state index contributed by atoms with van der Waals surface area (Å²) in [4.78, 5) is 2.38. The van der Waals surface area contributed by atoms with Crippen LogP contribution in [0.4, 0.5) is 4.39 Å². The Kier molecular flexibility index (Phi) is 4.02. The Balaban J connectivity index is 2.31. The van der Waals surface area contributed by atoms with Crippen LogP contribution in [0, 0.1) is 11.7 Å². The number of halogens is 2. The summed E-state index contributed by atoms with van der Waals surface area (Å²) in [6, 6.07) is 5.28. The SMILES string of the molecule is CCN1CCC(CN)C1c1ccc(F)c(Cl)c1. The van der Waals surface area contributed by atoms with Gasteiger partial charge in [0.1, 0.15) is 5.82 Å². The minimum atomic E-state index is -0.360. The lowest BCUT2D eigenvalue weighted by atomic mass is 9.94. The Morgan fingerprint density at radius 3 is 2.88 bits per heavy atom. The van der Waals surface area contributed by atoms with Gasteiger partial charge in [-0.1, -0.05) is 24.6 Å². The van der Waals surface area contributed by atoms with E-state index >= 15 is 0 Å². The molecule has 1 aromatic carbocycles. The predicted octanol–water partition coefficient (Wildman–Crippen LogP) is 2.82. The van der Waals surface area contributed by atoms with Crippen LogP contribution in [0.25, 0.3) is 0 Å². The summed E-state index contributed by atoms with van der Waals surface area (Å²) >= 11 is 5.85. The van der Waals surface area contributed by atoms with E-state index in [2.05, 4.69) is 11.8 Å².